The summed E-state index contributed by atoms with van der Waals surface area (Å²) < 4.78 is 0. The summed E-state index contributed by atoms with van der Waals surface area (Å²) in [4.78, 5) is 23.7. The summed E-state index contributed by atoms with van der Waals surface area (Å²) in [7, 11) is 1.73. The maximum Gasteiger partial charge on any atom is 0.304 e. The first-order chi connectivity index (χ1) is 9.79. The van der Waals surface area contributed by atoms with Gasteiger partial charge in [0.15, 0.2) is 0 Å². The van der Waals surface area contributed by atoms with Crippen LogP contribution in [0.25, 0.3) is 0 Å². The molecule has 1 atom stereocenters. The number of unbranched alkanes of at least 4 members (excludes halogenated alkanes) is 2. The monoisotopic (exact) mass is 299 g/mol. The van der Waals surface area contributed by atoms with Crippen LogP contribution in [-0.4, -0.2) is 35.5 Å². The average molecular weight is 299 g/mol. The average Bonchev–Trinajstić information content (AvgIpc) is 2.45. The van der Waals surface area contributed by atoms with E-state index in [-0.39, 0.29) is 12.3 Å². The van der Waals surface area contributed by atoms with E-state index in [1.807, 2.05) is 0 Å². The fourth-order valence-corrected chi connectivity index (χ4v) is 1.68. The van der Waals surface area contributed by atoms with Crippen LogP contribution in [-0.2, 0) is 9.59 Å². The van der Waals surface area contributed by atoms with Gasteiger partial charge in [0, 0.05) is 19.5 Å². The Morgan fingerprint density at radius 2 is 1.67 bits per heavy atom. The lowest BCUT2D eigenvalue weighted by Crippen LogP contribution is -2.33. The number of carboxylic acid groups (broad SMARTS) is 1. The maximum atomic E-state index is 11.6. The first-order valence-corrected chi connectivity index (χ1v) is 7.93. The quantitative estimate of drug-likeness (QED) is 0.515. The Morgan fingerprint density at radius 3 is 2.00 bits per heavy atom. The number of amides is 1. The van der Waals surface area contributed by atoms with Gasteiger partial charge in [-0.15, -0.1) is 0 Å². The van der Waals surface area contributed by atoms with Gasteiger partial charge < -0.3 is 10.0 Å². The SMILES string of the molecule is C=C(CC)CC.CCCCCN(C)C(=O)C(C)CC(=O)O. The number of hydrogen-bond donors (Lipinski definition) is 1. The van der Waals surface area contributed by atoms with E-state index < -0.39 is 11.9 Å². The standard InChI is InChI=1S/C11H21NO3.C6H12/c1-4-5-6-7-12(3)11(15)9(2)8-10(13)14;1-4-6(3)5-2/h9H,4-8H2,1-3H3,(H,13,14);3-5H2,1-2H3. The number of carbonyl (C=O) groups excluding carboxylic acids is 1. The van der Waals surface area contributed by atoms with Crippen LogP contribution in [0.3, 0.4) is 0 Å². The summed E-state index contributed by atoms with van der Waals surface area (Å²) in [5.74, 6) is -1.42. The predicted molar refractivity (Wildman–Crippen MR) is 88.3 cm³/mol. The highest BCUT2D eigenvalue weighted by Gasteiger charge is 2.19. The number of carboxylic acids is 1. The molecule has 1 unspecified atom stereocenters. The summed E-state index contributed by atoms with van der Waals surface area (Å²) in [6.45, 7) is 12.5. The molecule has 0 saturated carbocycles. The lowest BCUT2D eigenvalue weighted by Gasteiger charge is -2.20. The molecule has 0 radical (unpaired) electrons. The van der Waals surface area contributed by atoms with Gasteiger partial charge in [0.05, 0.1) is 6.42 Å². The maximum absolute atomic E-state index is 11.6. The molecule has 21 heavy (non-hydrogen) atoms. The van der Waals surface area contributed by atoms with Crippen LogP contribution >= 0.6 is 0 Å². The van der Waals surface area contributed by atoms with Crippen LogP contribution in [0, 0.1) is 5.92 Å². The predicted octanol–water partition coefficient (Wildman–Crippen LogP) is 4.11. The molecule has 1 N–H and O–H groups in total. The van der Waals surface area contributed by atoms with Crippen molar-refractivity contribution in [2.45, 2.75) is 66.2 Å². The minimum absolute atomic E-state index is 0.0755. The van der Waals surface area contributed by atoms with Gasteiger partial charge >= 0.3 is 5.97 Å². The Bertz CT molecular complexity index is 307. The van der Waals surface area contributed by atoms with Crippen molar-refractivity contribution in [1.82, 2.24) is 4.90 Å². The number of allylic oxidation sites excluding steroid dienone is 1. The molecule has 0 aliphatic carbocycles. The number of nitrogens with zero attached hydrogens (tertiary/aromatic N) is 1. The van der Waals surface area contributed by atoms with Crippen molar-refractivity contribution in [2.24, 2.45) is 5.92 Å². The number of carbonyl (C=O) groups is 2. The molecule has 0 aromatic heterocycles. The van der Waals surface area contributed by atoms with Gasteiger partial charge in [-0.1, -0.05) is 52.7 Å². The van der Waals surface area contributed by atoms with Crippen molar-refractivity contribution >= 4 is 11.9 Å². The van der Waals surface area contributed by atoms with E-state index in [4.69, 9.17) is 5.11 Å². The van der Waals surface area contributed by atoms with Crippen LogP contribution in [0.1, 0.15) is 66.2 Å². The summed E-state index contributed by atoms with van der Waals surface area (Å²) >= 11 is 0. The van der Waals surface area contributed by atoms with Crippen molar-refractivity contribution in [3.8, 4) is 0 Å². The lowest BCUT2D eigenvalue weighted by molar-refractivity contribution is -0.143. The van der Waals surface area contributed by atoms with Crippen LogP contribution < -0.4 is 0 Å². The third-order valence-corrected chi connectivity index (χ3v) is 3.38. The summed E-state index contributed by atoms with van der Waals surface area (Å²) in [5, 5.41) is 8.56. The molecule has 0 aromatic rings. The van der Waals surface area contributed by atoms with E-state index in [1.54, 1.807) is 18.9 Å². The van der Waals surface area contributed by atoms with Crippen molar-refractivity contribution < 1.29 is 14.7 Å². The first kappa shape index (κ1) is 22.0. The van der Waals surface area contributed by atoms with Gasteiger partial charge in [0.25, 0.3) is 0 Å². The fraction of sp³-hybridized carbons (Fsp3) is 0.765. The summed E-state index contributed by atoms with van der Waals surface area (Å²) in [5.41, 5.74) is 1.34. The molecule has 0 aliphatic rings. The summed E-state index contributed by atoms with van der Waals surface area (Å²) in [6, 6.07) is 0. The molecule has 0 fully saturated rings. The highest BCUT2D eigenvalue weighted by molar-refractivity contribution is 5.82. The van der Waals surface area contributed by atoms with E-state index >= 15 is 0 Å². The van der Waals surface area contributed by atoms with Crippen LogP contribution in [0.5, 0.6) is 0 Å². The molecule has 1 amide bonds. The minimum Gasteiger partial charge on any atom is -0.481 e. The van der Waals surface area contributed by atoms with Crippen molar-refractivity contribution in [3.63, 3.8) is 0 Å². The highest BCUT2D eigenvalue weighted by atomic mass is 16.4. The van der Waals surface area contributed by atoms with Crippen molar-refractivity contribution in [2.75, 3.05) is 13.6 Å². The Hall–Kier alpha value is -1.32. The van der Waals surface area contributed by atoms with E-state index in [2.05, 4.69) is 27.4 Å². The largest absolute Gasteiger partial charge is 0.481 e. The summed E-state index contributed by atoms with van der Waals surface area (Å²) in [6.07, 6.45) is 5.39. The van der Waals surface area contributed by atoms with E-state index in [0.717, 1.165) is 38.6 Å². The molecule has 0 heterocycles. The molecule has 0 aliphatic heterocycles. The Kier molecular flexibility index (Phi) is 14.3. The van der Waals surface area contributed by atoms with Gasteiger partial charge in [-0.2, -0.15) is 0 Å². The second kappa shape index (κ2) is 13.7. The van der Waals surface area contributed by atoms with Crippen LogP contribution in [0.4, 0.5) is 0 Å². The van der Waals surface area contributed by atoms with E-state index in [1.165, 1.54) is 5.57 Å². The topological polar surface area (TPSA) is 57.6 Å². The molecular formula is C17H33NO3. The third-order valence-electron chi connectivity index (χ3n) is 3.38. The van der Waals surface area contributed by atoms with E-state index in [9.17, 15) is 9.59 Å². The van der Waals surface area contributed by atoms with Crippen molar-refractivity contribution in [1.29, 1.82) is 0 Å². The molecule has 0 saturated heterocycles. The third kappa shape index (κ3) is 13.4. The van der Waals surface area contributed by atoms with Gasteiger partial charge in [-0.3, -0.25) is 9.59 Å². The molecule has 0 bridgehead atoms. The molecule has 0 spiro atoms. The van der Waals surface area contributed by atoms with Gasteiger partial charge in [0.2, 0.25) is 5.91 Å². The molecule has 0 rings (SSSR count). The smallest absolute Gasteiger partial charge is 0.304 e. The normalized spacial score (nSPS) is 11.1. The van der Waals surface area contributed by atoms with Gasteiger partial charge in [-0.05, 0) is 19.3 Å². The Labute approximate surface area is 130 Å². The van der Waals surface area contributed by atoms with Crippen LogP contribution in [0.15, 0.2) is 12.2 Å². The van der Waals surface area contributed by atoms with E-state index in [0.29, 0.717) is 0 Å². The fourth-order valence-electron chi connectivity index (χ4n) is 1.68. The first-order valence-electron chi connectivity index (χ1n) is 7.93. The second-order valence-corrected chi connectivity index (χ2v) is 5.42. The molecule has 4 heteroatoms. The molecule has 0 aromatic carbocycles. The minimum atomic E-state index is -0.919. The molecule has 124 valence electrons. The highest BCUT2D eigenvalue weighted by Crippen LogP contribution is 2.07. The molecule has 4 nitrogen and oxygen atoms in total. The number of hydrogen-bond acceptors (Lipinski definition) is 2. The van der Waals surface area contributed by atoms with Gasteiger partial charge in [-0.25, -0.2) is 0 Å². The lowest BCUT2D eigenvalue weighted by atomic mass is 10.1. The Balaban J connectivity index is 0. The van der Waals surface area contributed by atoms with Crippen molar-refractivity contribution in [3.05, 3.63) is 12.2 Å². The zero-order valence-corrected chi connectivity index (χ0v) is 14.4. The number of aliphatic carboxylic acids is 1. The zero-order valence-electron chi connectivity index (χ0n) is 14.4. The van der Waals surface area contributed by atoms with Crippen LogP contribution in [0.2, 0.25) is 0 Å². The van der Waals surface area contributed by atoms with Gasteiger partial charge in [0.1, 0.15) is 0 Å². The molecular weight excluding hydrogens is 266 g/mol. The zero-order chi connectivity index (χ0) is 16.8. The second-order valence-electron chi connectivity index (χ2n) is 5.42. The Morgan fingerprint density at radius 1 is 1.14 bits per heavy atom. The number of rotatable bonds is 9.